The Morgan fingerprint density at radius 1 is 0.246 bits per heavy atom. The average molecular weight is 901 g/mol. The summed E-state index contributed by atoms with van der Waals surface area (Å²) in [4.78, 5) is 0. The molecule has 0 aliphatic rings. The van der Waals surface area contributed by atoms with Crippen LogP contribution in [0.2, 0.25) is 0 Å². The molecular weight excluding hydrogens is 855 g/mol. The molecule has 0 aliphatic carbocycles. The summed E-state index contributed by atoms with van der Waals surface area (Å²) >= 11 is 0.417. The minimum atomic E-state index is -0.700. The van der Waals surface area contributed by atoms with Crippen molar-refractivity contribution in [3.8, 4) is 0 Å². The molecule has 0 spiro atoms. The molecule has 0 aliphatic heterocycles. The molecule has 0 saturated heterocycles. The molecule has 8 aromatic carbocycles. The Kier molecular flexibility index (Phi) is 14.5. The molecule has 0 amide bonds. The van der Waals surface area contributed by atoms with Gasteiger partial charge in [0.05, 0.1) is 0 Å². The van der Waals surface area contributed by atoms with E-state index in [0.29, 0.717) is 26.2 Å². The summed E-state index contributed by atoms with van der Waals surface area (Å²) in [5.74, 6) is 0. The van der Waals surface area contributed by atoms with Gasteiger partial charge in [0.2, 0.25) is 0 Å². The SMILES string of the molecule is c1ccc(P(C[CH]([Pd][CH](CP(c2ccccc2)c2ccccc2)P(c2ccccc2)c2ccccc2)P(c2ccccc2)c2ccccc2)c2ccccc2)cc1. The van der Waals surface area contributed by atoms with Gasteiger partial charge in [-0.1, -0.05) is 0 Å². The summed E-state index contributed by atoms with van der Waals surface area (Å²) in [7, 11) is -2.66. The fourth-order valence-electron chi connectivity index (χ4n) is 7.16. The van der Waals surface area contributed by atoms with Gasteiger partial charge >= 0.3 is 355 Å². The van der Waals surface area contributed by atoms with Gasteiger partial charge in [0.25, 0.3) is 0 Å². The van der Waals surface area contributed by atoms with E-state index in [1.54, 1.807) is 0 Å². The van der Waals surface area contributed by atoms with Crippen LogP contribution in [0.5, 0.6) is 0 Å². The molecule has 0 fully saturated rings. The molecule has 8 aromatic rings. The molecule has 0 aromatic heterocycles. The zero-order valence-corrected chi connectivity index (χ0v) is 36.9. The summed E-state index contributed by atoms with van der Waals surface area (Å²) in [5, 5.41) is 11.8. The van der Waals surface area contributed by atoms with Crippen LogP contribution in [-0.4, -0.2) is 20.6 Å². The van der Waals surface area contributed by atoms with E-state index < -0.39 is 31.7 Å². The predicted octanol–water partition coefficient (Wildman–Crippen LogP) is 10.3. The van der Waals surface area contributed by atoms with Gasteiger partial charge in [-0.25, -0.2) is 0 Å². The van der Waals surface area contributed by atoms with Crippen molar-refractivity contribution < 1.29 is 18.0 Å². The van der Waals surface area contributed by atoms with E-state index in [1.165, 1.54) is 42.4 Å². The van der Waals surface area contributed by atoms with Crippen LogP contribution in [0.3, 0.4) is 0 Å². The molecule has 57 heavy (non-hydrogen) atoms. The Morgan fingerprint density at radius 2 is 0.421 bits per heavy atom. The normalized spacial score (nSPS) is 12.6. The van der Waals surface area contributed by atoms with E-state index in [1.807, 2.05) is 0 Å². The Hall–Kier alpha value is -3.86. The van der Waals surface area contributed by atoms with Crippen molar-refractivity contribution in [1.82, 2.24) is 0 Å². The van der Waals surface area contributed by atoms with Crippen molar-refractivity contribution >= 4 is 74.1 Å². The third kappa shape index (κ3) is 10.4. The van der Waals surface area contributed by atoms with Gasteiger partial charge in [-0.3, -0.25) is 0 Å². The van der Waals surface area contributed by atoms with Gasteiger partial charge < -0.3 is 0 Å². The van der Waals surface area contributed by atoms with Gasteiger partial charge in [0.15, 0.2) is 0 Å². The summed E-state index contributed by atoms with van der Waals surface area (Å²) in [5.41, 5.74) is 0. The first-order valence-electron chi connectivity index (χ1n) is 19.4. The molecule has 284 valence electrons. The van der Waals surface area contributed by atoms with Crippen molar-refractivity contribution in [2.75, 3.05) is 12.3 Å². The molecule has 0 heterocycles. The number of hydrogen-bond acceptors (Lipinski definition) is 0. The van der Waals surface area contributed by atoms with Crippen LogP contribution in [0, 0.1) is 0 Å². The molecular formula is C52H46P4Pd. The zero-order valence-electron chi connectivity index (χ0n) is 31.8. The van der Waals surface area contributed by atoms with Crippen molar-refractivity contribution in [3.63, 3.8) is 0 Å². The van der Waals surface area contributed by atoms with Crippen LogP contribution >= 0.6 is 31.7 Å². The topological polar surface area (TPSA) is 0 Å². The van der Waals surface area contributed by atoms with Crippen LogP contribution in [0.1, 0.15) is 0 Å². The molecule has 5 heteroatoms. The predicted molar refractivity (Wildman–Crippen MR) is 254 cm³/mol. The second kappa shape index (κ2) is 20.7. The fraction of sp³-hybridized carbons (Fsp3) is 0.0769. The van der Waals surface area contributed by atoms with E-state index in [9.17, 15) is 0 Å². The second-order valence-electron chi connectivity index (χ2n) is 13.5. The quantitative estimate of drug-likeness (QED) is 0.0670. The van der Waals surface area contributed by atoms with Gasteiger partial charge in [-0.05, 0) is 0 Å². The van der Waals surface area contributed by atoms with Crippen molar-refractivity contribution in [3.05, 3.63) is 243 Å². The third-order valence-corrected chi connectivity index (χ3v) is 26.7. The minimum absolute atomic E-state index is 0.417. The van der Waals surface area contributed by atoms with Crippen molar-refractivity contribution in [2.45, 2.75) is 8.26 Å². The monoisotopic (exact) mass is 900 g/mol. The van der Waals surface area contributed by atoms with E-state index >= 15 is 0 Å². The Bertz CT molecular complexity index is 2010. The number of benzene rings is 8. The maximum atomic E-state index is 2.42. The third-order valence-electron chi connectivity index (χ3n) is 9.82. The molecule has 0 radical (unpaired) electrons. The molecule has 0 nitrogen and oxygen atoms in total. The second-order valence-corrected chi connectivity index (χ2v) is 26.8. The summed E-state index contributed by atoms with van der Waals surface area (Å²) in [6, 6.07) is 91.8. The fourth-order valence-corrected chi connectivity index (χ4v) is 27.0. The van der Waals surface area contributed by atoms with Crippen molar-refractivity contribution in [2.24, 2.45) is 0 Å². The average Bonchev–Trinajstić information content (AvgIpc) is 3.30. The maximum absolute atomic E-state index is 2.42. The van der Waals surface area contributed by atoms with Crippen LogP contribution in [0.4, 0.5) is 0 Å². The molecule has 0 bridgehead atoms. The Morgan fingerprint density at radius 3 is 0.614 bits per heavy atom. The number of rotatable bonds is 16. The van der Waals surface area contributed by atoms with Gasteiger partial charge in [0, 0.05) is 0 Å². The van der Waals surface area contributed by atoms with Gasteiger partial charge in [-0.15, -0.1) is 0 Å². The van der Waals surface area contributed by atoms with Gasteiger partial charge in [-0.2, -0.15) is 0 Å². The van der Waals surface area contributed by atoms with Crippen LogP contribution in [-0.2, 0) is 18.0 Å². The van der Waals surface area contributed by atoms with E-state index in [4.69, 9.17) is 0 Å². The Labute approximate surface area is 353 Å². The summed E-state index contributed by atoms with van der Waals surface area (Å²) < 4.78 is 0.937. The van der Waals surface area contributed by atoms with Crippen LogP contribution in [0.25, 0.3) is 0 Å². The number of hydrogen-bond donors (Lipinski definition) is 0. The summed E-state index contributed by atoms with van der Waals surface area (Å²) in [6.07, 6.45) is 2.29. The molecule has 0 N–H and O–H groups in total. The molecule has 8 rings (SSSR count). The van der Waals surface area contributed by atoms with Crippen LogP contribution < -0.4 is 42.4 Å². The van der Waals surface area contributed by atoms with Crippen LogP contribution in [0.15, 0.2) is 243 Å². The summed E-state index contributed by atoms with van der Waals surface area (Å²) in [6.45, 7) is 0. The standard InChI is InChI=1S/2C26H23P2.Pd/c2*1-5-13-23(14-6-1)27(24-15-7-2-8-16-24)21-22-28(25-17-9-3-10-18-25)26-19-11-4-12-20-26;/h2*1-21H,22H2;. The van der Waals surface area contributed by atoms with Crippen molar-refractivity contribution in [1.29, 1.82) is 0 Å². The molecule has 2 unspecified atom stereocenters. The first-order chi connectivity index (χ1) is 28.3. The Balaban J connectivity index is 1.34. The molecule has 2 atom stereocenters. The van der Waals surface area contributed by atoms with Gasteiger partial charge in [0.1, 0.15) is 0 Å². The zero-order chi connectivity index (χ0) is 38.5. The van der Waals surface area contributed by atoms with E-state index in [2.05, 4.69) is 243 Å². The first kappa shape index (κ1) is 39.9. The molecule has 0 saturated carbocycles. The van der Waals surface area contributed by atoms with E-state index in [-0.39, 0.29) is 0 Å². The van der Waals surface area contributed by atoms with E-state index in [0.717, 1.165) is 12.3 Å². The first-order valence-corrected chi connectivity index (χ1v) is 27.1.